The molecule has 0 aliphatic heterocycles. The first kappa shape index (κ1) is 22.1. The predicted octanol–water partition coefficient (Wildman–Crippen LogP) is 4.15. The van der Waals surface area contributed by atoms with Crippen LogP contribution < -0.4 is 21.2 Å². The van der Waals surface area contributed by atoms with Gasteiger partial charge < -0.3 is 0 Å². The first-order valence-corrected chi connectivity index (χ1v) is 11.6. The number of hydrogen-bond donors (Lipinski definition) is 0. The van der Waals surface area contributed by atoms with Gasteiger partial charge in [0, 0.05) is 0 Å². The first-order chi connectivity index (χ1) is 12.8. The number of halogens is 6. The van der Waals surface area contributed by atoms with Crippen molar-refractivity contribution in [2.45, 2.75) is 50.6 Å². The molecule has 2 aromatic carbocycles. The van der Waals surface area contributed by atoms with E-state index in [1.54, 1.807) is 0 Å². The van der Waals surface area contributed by atoms with Gasteiger partial charge in [0.15, 0.2) is 0 Å². The van der Waals surface area contributed by atoms with Crippen LogP contribution in [0.1, 0.15) is 38.5 Å². The molecule has 0 heterocycles. The summed E-state index contributed by atoms with van der Waals surface area (Å²) in [7, 11) is 0. The number of hydrogen-bond acceptors (Lipinski definition) is 0. The van der Waals surface area contributed by atoms with Crippen molar-refractivity contribution in [3.63, 3.8) is 0 Å². The van der Waals surface area contributed by atoms with E-state index in [4.69, 9.17) is 0 Å². The molecule has 0 aliphatic rings. The average molecular weight is 497 g/mol. The fourth-order valence-electron chi connectivity index (χ4n) is 2.65. The average Bonchev–Trinajstić information content (AvgIpc) is 2.64. The van der Waals surface area contributed by atoms with E-state index in [9.17, 15) is 22.0 Å². The zero-order valence-corrected chi connectivity index (χ0v) is 17.1. The van der Waals surface area contributed by atoms with Crippen LogP contribution in [0.4, 0.5) is 22.0 Å². The van der Waals surface area contributed by atoms with Crippen LogP contribution in [0.15, 0.2) is 54.6 Å². The Bertz CT molecular complexity index is 665. The molecule has 0 bridgehead atoms. The summed E-state index contributed by atoms with van der Waals surface area (Å²) >= 11 is -0.0857. The van der Waals surface area contributed by atoms with E-state index < -0.39 is 18.5 Å². The maximum absolute atomic E-state index is 12.8. The van der Waals surface area contributed by atoms with Gasteiger partial charge in [-0.3, -0.25) is 0 Å². The minimum absolute atomic E-state index is 0.0808. The van der Waals surface area contributed by atoms with E-state index in [0.29, 0.717) is 12.8 Å². The van der Waals surface area contributed by atoms with Gasteiger partial charge in [0.25, 0.3) is 0 Å². The van der Waals surface area contributed by atoms with Crippen LogP contribution >= 0.6 is 0 Å². The molecule has 0 unspecified atom stereocenters. The third-order valence-corrected chi connectivity index (χ3v) is 7.14. The van der Waals surface area contributed by atoms with Gasteiger partial charge in [0.1, 0.15) is 0 Å². The molecular weight excluding hydrogens is 474 g/mol. The Morgan fingerprint density at radius 1 is 0.630 bits per heavy atom. The quantitative estimate of drug-likeness (QED) is 0.200. The van der Waals surface area contributed by atoms with Crippen molar-refractivity contribution in [1.82, 2.24) is 0 Å². The van der Waals surface area contributed by atoms with Crippen molar-refractivity contribution >= 4 is 0 Å². The molecule has 0 aliphatic carbocycles. The van der Waals surface area contributed by atoms with Crippen LogP contribution in [0.25, 0.3) is 11.1 Å². The fraction of sp³-hybridized carbons (Fsp3) is 0.429. The molecule has 0 atom stereocenters. The molecule has 0 nitrogen and oxygen atoms in total. The van der Waals surface area contributed by atoms with Gasteiger partial charge in [-0.05, 0) is 0 Å². The molecular formula is C21H23F5I-. The molecule has 6 heteroatoms. The topological polar surface area (TPSA) is 0 Å². The van der Waals surface area contributed by atoms with Crippen molar-refractivity contribution in [3.05, 3.63) is 58.2 Å². The zero-order valence-electron chi connectivity index (χ0n) is 14.9. The van der Waals surface area contributed by atoms with E-state index in [-0.39, 0.29) is 27.6 Å². The Kier molecular flexibility index (Phi) is 8.51. The summed E-state index contributed by atoms with van der Waals surface area (Å²) in [5, 5.41) is 0. The molecule has 150 valence electrons. The van der Waals surface area contributed by atoms with Gasteiger partial charge in [0.2, 0.25) is 0 Å². The number of alkyl halides is 6. The van der Waals surface area contributed by atoms with E-state index in [1.807, 2.05) is 18.2 Å². The van der Waals surface area contributed by atoms with Gasteiger partial charge in [0.05, 0.1) is 0 Å². The van der Waals surface area contributed by atoms with Gasteiger partial charge in [-0.2, -0.15) is 0 Å². The van der Waals surface area contributed by atoms with Gasteiger partial charge in [-0.25, -0.2) is 0 Å². The second kappa shape index (κ2) is 10.4. The Morgan fingerprint density at radius 3 is 1.81 bits per heavy atom. The van der Waals surface area contributed by atoms with Gasteiger partial charge in [-0.15, -0.1) is 0 Å². The Labute approximate surface area is 167 Å². The molecule has 0 saturated heterocycles. The fourth-order valence-corrected chi connectivity index (χ4v) is 5.06. The number of rotatable bonds is 10. The van der Waals surface area contributed by atoms with Crippen LogP contribution in [-0.2, 0) is 0 Å². The molecule has 0 saturated carbocycles. The van der Waals surface area contributed by atoms with E-state index >= 15 is 0 Å². The predicted molar refractivity (Wildman–Crippen MR) is 94.1 cm³/mol. The van der Waals surface area contributed by atoms with E-state index in [2.05, 4.69) is 36.4 Å². The van der Waals surface area contributed by atoms with Crippen molar-refractivity contribution in [1.29, 1.82) is 0 Å². The monoisotopic (exact) mass is 497 g/mol. The second-order valence-corrected chi connectivity index (χ2v) is 9.50. The van der Waals surface area contributed by atoms with Crippen LogP contribution in [0, 0.1) is 3.57 Å². The van der Waals surface area contributed by atoms with Crippen molar-refractivity contribution in [3.8, 4) is 11.1 Å². The van der Waals surface area contributed by atoms with Crippen molar-refractivity contribution in [2.75, 3.05) is 4.43 Å². The summed E-state index contributed by atoms with van der Waals surface area (Å²) in [6.45, 7) is 0. The molecule has 2 aromatic rings. The third kappa shape index (κ3) is 7.39. The molecule has 27 heavy (non-hydrogen) atoms. The van der Waals surface area contributed by atoms with Crippen LogP contribution in [0.3, 0.4) is 0 Å². The third-order valence-electron chi connectivity index (χ3n) is 4.24. The Morgan fingerprint density at radius 2 is 1.19 bits per heavy atom. The molecule has 0 aromatic heterocycles. The van der Waals surface area contributed by atoms with Crippen LogP contribution in [0.2, 0.25) is 0 Å². The first-order valence-electron chi connectivity index (χ1n) is 8.99. The number of benzene rings is 2. The van der Waals surface area contributed by atoms with Crippen molar-refractivity contribution < 1.29 is 43.2 Å². The molecule has 2 rings (SSSR count). The maximum atomic E-state index is 12.8. The SMILES string of the molecule is FC(F)(F)C(F)(F)CCCCCCC[I-]c1ccc(-c2ccccc2)cc1. The summed E-state index contributed by atoms with van der Waals surface area (Å²) in [6.07, 6.45) is -3.57. The Hall–Kier alpha value is -1.18. The van der Waals surface area contributed by atoms with E-state index in [1.165, 1.54) is 14.7 Å². The molecule has 0 N–H and O–H groups in total. The second-order valence-electron chi connectivity index (χ2n) is 6.42. The molecule has 0 amide bonds. The van der Waals surface area contributed by atoms with Crippen molar-refractivity contribution in [2.24, 2.45) is 0 Å². The summed E-state index contributed by atoms with van der Waals surface area (Å²) in [6, 6.07) is 18.8. The molecule has 0 fully saturated rings. The summed E-state index contributed by atoms with van der Waals surface area (Å²) < 4.78 is 64.1. The minimum atomic E-state index is -5.42. The Balaban J connectivity index is 1.58. The molecule has 0 spiro atoms. The summed E-state index contributed by atoms with van der Waals surface area (Å²) in [4.78, 5) is 0. The van der Waals surface area contributed by atoms with Gasteiger partial charge >= 0.3 is 168 Å². The van der Waals surface area contributed by atoms with Crippen LogP contribution in [-0.4, -0.2) is 16.5 Å². The summed E-state index contributed by atoms with van der Waals surface area (Å²) in [5.74, 6) is -4.55. The number of unbranched alkanes of at least 4 members (excludes halogenated alkanes) is 4. The van der Waals surface area contributed by atoms with E-state index in [0.717, 1.165) is 17.3 Å². The van der Waals surface area contributed by atoms with Crippen LogP contribution in [0.5, 0.6) is 0 Å². The zero-order chi connectivity index (χ0) is 19.8. The standard InChI is InChI=1S/C21H23F5I/c22-20(23,21(24,25)26)15-7-2-1-3-8-16-27-19-13-11-18(12-14-19)17-9-5-4-6-10-17/h4-6,9-14H,1-3,7-8,15-16H2/q-1. The summed E-state index contributed by atoms with van der Waals surface area (Å²) in [5.41, 5.74) is 2.39. The van der Waals surface area contributed by atoms with Gasteiger partial charge in [-0.1, -0.05) is 0 Å². The normalized spacial score (nSPS) is 12.5. The molecule has 0 radical (unpaired) electrons.